The summed E-state index contributed by atoms with van der Waals surface area (Å²) in [7, 11) is 1.67. The lowest BCUT2D eigenvalue weighted by atomic mass is 10.1. The van der Waals surface area contributed by atoms with Crippen molar-refractivity contribution in [3.63, 3.8) is 0 Å². The van der Waals surface area contributed by atoms with Crippen molar-refractivity contribution in [1.82, 2.24) is 4.90 Å². The van der Waals surface area contributed by atoms with Crippen molar-refractivity contribution in [3.8, 4) is 0 Å². The monoisotopic (exact) mass is 316 g/mol. The fourth-order valence-corrected chi connectivity index (χ4v) is 1.95. The molecule has 1 amide bonds. The summed E-state index contributed by atoms with van der Waals surface area (Å²) in [6.45, 7) is 2.66. The number of carbonyl (C=O) groups excluding carboxylic acids is 1. The first-order valence-corrected chi connectivity index (χ1v) is 6.61. The SMILES string of the molecule is CC(CN)CC(=O)N(C)Cc1cc(Br)ccc1F. The average molecular weight is 317 g/mol. The first kappa shape index (κ1) is 15.1. The molecule has 1 rings (SSSR count). The Kier molecular flexibility index (Phi) is 5.75. The lowest BCUT2D eigenvalue weighted by Gasteiger charge is -2.19. The van der Waals surface area contributed by atoms with E-state index in [2.05, 4.69) is 15.9 Å². The van der Waals surface area contributed by atoms with Gasteiger partial charge in [0.1, 0.15) is 5.82 Å². The normalized spacial score (nSPS) is 12.3. The molecule has 0 aromatic heterocycles. The van der Waals surface area contributed by atoms with Gasteiger partial charge in [-0.25, -0.2) is 4.39 Å². The highest BCUT2D eigenvalue weighted by molar-refractivity contribution is 9.10. The van der Waals surface area contributed by atoms with Crippen molar-refractivity contribution >= 4 is 21.8 Å². The minimum atomic E-state index is -0.301. The first-order chi connectivity index (χ1) is 8.43. The van der Waals surface area contributed by atoms with Crippen LogP contribution in [0.3, 0.4) is 0 Å². The summed E-state index contributed by atoms with van der Waals surface area (Å²) in [5.74, 6) is -0.177. The van der Waals surface area contributed by atoms with Crippen molar-refractivity contribution in [2.45, 2.75) is 19.9 Å². The van der Waals surface area contributed by atoms with Crippen LogP contribution in [0.2, 0.25) is 0 Å². The zero-order chi connectivity index (χ0) is 13.7. The van der Waals surface area contributed by atoms with E-state index in [0.717, 1.165) is 4.47 Å². The molecular formula is C13H18BrFN2O. The standard InChI is InChI=1S/C13H18BrFN2O/c1-9(7-16)5-13(18)17(2)8-10-6-11(14)3-4-12(10)15/h3-4,6,9H,5,7-8,16H2,1-2H3. The third-order valence-electron chi connectivity index (χ3n) is 2.77. The van der Waals surface area contributed by atoms with E-state index in [0.29, 0.717) is 18.5 Å². The molecule has 1 atom stereocenters. The predicted octanol–water partition coefficient (Wildman–Crippen LogP) is 2.53. The fraction of sp³-hybridized carbons (Fsp3) is 0.462. The van der Waals surface area contributed by atoms with Crippen LogP contribution in [0.5, 0.6) is 0 Å². The van der Waals surface area contributed by atoms with E-state index in [1.54, 1.807) is 19.2 Å². The predicted molar refractivity (Wildman–Crippen MR) is 73.4 cm³/mol. The van der Waals surface area contributed by atoms with Crippen LogP contribution in [0.25, 0.3) is 0 Å². The quantitative estimate of drug-likeness (QED) is 0.907. The maximum absolute atomic E-state index is 13.5. The largest absolute Gasteiger partial charge is 0.341 e. The smallest absolute Gasteiger partial charge is 0.222 e. The van der Waals surface area contributed by atoms with Crippen molar-refractivity contribution in [3.05, 3.63) is 34.1 Å². The van der Waals surface area contributed by atoms with Gasteiger partial charge in [-0.1, -0.05) is 22.9 Å². The first-order valence-electron chi connectivity index (χ1n) is 5.82. The molecule has 0 aliphatic rings. The molecule has 1 aromatic rings. The van der Waals surface area contributed by atoms with Gasteiger partial charge in [0.15, 0.2) is 0 Å². The van der Waals surface area contributed by atoms with E-state index in [-0.39, 0.29) is 24.2 Å². The van der Waals surface area contributed by atoms with Gasteiger partial charge in [0.25, 0.3) is 0 Å². The molecule has 0 saturated carbocycles. The highest BCUT2D eigenvalue weighted by Crippen LogP contribution is 2.17. The van der Waals surface area contributed by atoms with Gasteiger partial charge in [-0.05, 0) is 30.7 Å². The maximum atomic E-state index is 13.5. The number of nitrogens with two attached hydrogens (primary N) is 1. The second kappa shape index (κ2) is 6.85. The highest BCUT2D eigenvalue weighted by atomic mass is 79.9. The summed E-state index contributed by atoms with van der Waals surface area (Å²) < 4.78 is 14.3. The zero-order valence-corrected chi connectivity index (χ0v) is 12.2. The van der Waals surface area contributed by atoms with Crippen LogP contribution >= 0.6 is 15.9 Å². The van der Waals surface area contributed by atoms with E-state index < -0.39 is 0 Å². The number of amides is 1. The molecule has 2 N–H and O–H groups in total. The Hall–Kier alpha value is -0.940. The second-order valence-electron chi connectivity index (χ2n) is 4.53. The van der Waals surface area contributed by atoms with Crippen LogP contribution in [0, 0.1) is 11.7 Å². The summed E-state index contributed by atoms with van der Waals surface area (Å²) >= 11 is 3.29. The molecule has 5 heteroatoms. The molecule has 0 fully saturated rings. The van der Waals surface area contributed by atoms with Crippen LogP contribution in [0.1, 0.15) is 18.9 Å². The Morgan fingerprint density at radius 2 is 2.22 bits per heavy atom. The molecule has 0 saturated heterocycles. The summed E-state index contributed by atoms with van der Waals surface area (Å²) in [6, 6.07) is 4.71. The molecule has 0 spiro atoms. The lowest BCUT2D eigenvalue weighted by Crippen LogP contribution is -2.29. The number of carbonyl (C=O) groups is 1. The van der Waals surface area contributed by atoms with Gasteiger partial charge in [-0.15, -0.1) is 0 Å². The number of nitrogens with zero attached hydrogens (tertiary/aromatic N) is 1. The molecular weight excluding hydrogens is 299 g/mol. The van der Waals surface area contributed by atoms with Crippen LogP contribution < -0.4 is 5.73 Å². The van der Waals surface area contributed by atoms with Gasteiger partial charge < -0.3 is 10.6 Å². The third-order valence-corrected chi connectivity index (χ3v) is 3.26. The van der Waals surface area contributed by atoms with Crippen molar-refractivity contribution in [1.29, 1.82) is 0 Å². The third kappa shape index (κ3) is 4.38. The Morgan fingerprint density at radius 3 is 2.83 bits per heavy atom. The molecule has 1 unspecified atom stereocenters. The van der Waals surface area contributed by atoms with Gasteiger partial charge in [-0.2, -0.15) is 0 Å². The van der Waals surface area contributed by atoms with Crippen molar-refractivity contribution in [2.24, 2.45) is 11.7 Å². The summed E-state index contributed by atoms with van der Waals surface area (Å²) in [5.41, 5.74) is 5.98. The number of benzene rings is 1. The molecule has 1 aromatic carbocycles. The maximum Gasteiger partial charge on any atom is 0.222 e. The molecule has 0 bridgehead atoms. The average Bonchev–Trinajstić information content (AvgIpc) is 2.33. The van der Waals surface area contributed by atoms with E-state index >= 15 is 0 Å². The molecule has 0 aliphatic heterocycles. The van der Waals surface area contributed by atoms with Crippen molar-refractivity contribution < 1.29 is 9.18 Å². The summed E-state index contributed by atoms with van der Waals surface area (Å²) in [4.78, 5) is 13.4. The van der Waals surface area contributed by atoms with Gasteiger partial charge in [0, 0.05) is 30.0 Å². The van der Waals surface area contributed by atoms with Crippen LogP contribution in [0.4, 0.5) is 4.39 Å². The molecule has 100 valence electrons. The Balaban J connectivity index is 2.66. The molecule has 0 heterocycles. The molecule has 3 nitrogen and oxygen atoms in total. The van der Waals surface area contributed by atoms with E-state index in [4.69, 9.17) is 5.73 Å². The Bertz CT molecular complexity index is 425. The zero-order valence-electron chi connectivity index (χ0n) is 10.6. The minimum absolute atomic E-state index is 0.0210. The fourth-order valence-electron chi connectivity index (χ4n) is 1.55. The summed E-state index contributed by atoms with van der Waals surface area (Å²) in [6.07, 6.45) is 0.391. The number of hydrogen-bond donors (Lipinski definition) is 1. The molecule has 0 radical (unpaired) electrons. The number of halogens is 2. The lowest BCUT2D eigenvalue weighted by molar-refractivity contribution is -0.131. The summed E-state index contributed by atoms with van der Waals surface area (Å²) in [5, 5.41) is 0. The van der Waals surface area contributed by atoms with Gasteiger partial charge in [0.05, 0.1) is 0 Å². The Morgan fingerprint density at radius 1 is 1.56 bits per heavy atom. The Labute approximate surface area is 115 Å². The van der Waals surface area contributed by atoms with Crippen LogP contribution in [0.15, 0.2) is 22.7 Å². The second-order valence-corrected chi connectivity index (χ2v) is 5.45. The van der Waals surface area contributed by atoms with Gasteiger partial charge >= 0.3 is 0 Å². The minimum Gasteiger partial charge on any atom is -0.341 e. The van der Waals surface area contributed by atoms with Gasteiger partial charge in [0.2, 0.25) is 5.91 Å². The number of rotatable bonds is 5. The molecule has 0 aliphatic carbocycles. The van der Waals surface area contributed by atoms with Crippen LogP contribution in [-0.4, -0.2) is 24.4 Å². The molecule has 18 heavy (non-hydrogen) atoms. The topological polar surface area (TPSA) is 46.3 Å². The number of hydrogen-bond acceptors (Lipinski definition) is 2. The van der Waals surface area contributed by atoms with E-state index in [9.17, 15) is 9.18 Å². The van der Waals surface area contributed by atoms with Crippen molar-refractivity contribution in [2.75, 3.05) is 13.6 Å². The van der Waals surface area contributed by atoms with Crippen LogP contribution in [-0.2, 0) is 11.3 Å². The van der Waals surface area contributed by atoms with Gasteiger partial charge in [-0.3, -0.25) is 4.79 Å². The van der Waals surface area contributed by atoms with E-state index in [1.165, 1.54) is 11.0 Å². The highest BCUT2D eigenvalue weighted by Gasteiger charge is 2.14. The van der Waals surface area contributed by atoms with E-state index in [1.807, 2.05) is 6.92 Å².